The average Bonchev–Trinajstić information content (AvgIpc) is 2.66. The third-order valence-corrected chi connectivity index (χ3v) is 4.09. The molecule has 138 valence electrons. The molecule has 0 radical (unpaired) electrons. The lowest BCUT2D eigenvalue weighted by molar-refractivity contribution is -0.139. The number of amides is 1. The van der Waals surface area contributed by atoms with Crippen molar-refractivity contribution in [2.75, 3.05) is 13.2 Å². The third kappa shape index (κ3) is 6.24. The average molecular weight is 355 g/mol. The van der Waals surface area contributed by atoms with E-state index < -0.39 is 5.97 Å². The molecule has 1 atom stereocenters. The lowest BCUT2D eigenvalue weighted by atomic mass is 9.93. The molecule has 0 fully saturated rings. The molecule has 1 unspecified atom stereocenters. The van der Waals surface area contributed by atoms with E-state index in [0.29, 0.717) is 18.7 Å². The maximum Gasteiger partial charge on any atom is 0.341 e. The molecule has 0 saturated heterocycles. The number of carbonyl (C=O) groups excluding carboxylic acids is 1. The quantitative estimate of drug-likeness (QED) is 0.685. The zero-order valence-electron chi connectivity index (χ0n) is 15.0. The van der Waals surface area contributed by atoms with Crippen molar-refractivity contribution in [2.24, 2.45) is 0 Å². The number of carbonyl (C=O) groups is 2. The standard InChI is InChI=1S/C21H25NO4/c1-2-6-19(17-7-4-3-5-8-17)21(25)22-14-13-16-9-11-18(12-10-16)26-15-20(23)24/h3-5,7-12,19H,2,6,13-15H2,1H3,(H,22,25)(H,23,24). The summed E-state index contributed by atoms with van der Waals surface area (Å²) >= 11 is 0. The van der Waals surface area contributed by atoms with Crippen molar-refractivity contribution in [2.45, 2.75) is 32.1 Å². The second-order valence-corrected chi connectivity index (χ2v) is 6.12. The Morgan fingerprint density at radius 2 is 1.77 bits per heavy atom. The van der Waals surface area contributed by atoms with Crippen molar-refractivity contribution >= 4 is 11.9 Å². The van der Waals surface area contributed by atoms with Crippen LogP contribution < -0.4 is 10.1 Å². The van der Waals surface area contributed by atoms with Gasteiger partial charge in [0.1, 0.15) is 5.75 Å². The fraction of sp³-hybridized carbons (Fsp3) is 0.333. The Kier molecular flexibility index (Phi) is 7.68. The van der Waals surface area contributed by atoms with Crippen LogP contribution in [0.1, 0.15) is 36.8 Å². The van der Waals surface area contributed by atoms with Crippen LogP contribution in [0.5, 0.6) is 5.75 Å². The molecule has 0 saturated carbocycles. The molecule has 0 aliphatic heterocycles. The van der Waals surface area contributed by atoms with Gasteiger partial charge >= 0.3 is 5.97 Å². The van der Waals surface area contributed by atoms with E-state index in [2.05, 4.69) is 12.2 Å². The first-order valence-electron chi connectivity index (χ1n) is 8.86. The number of ether oxygens (including phenoxy) is 1. The van der Waals surface area contributed by atoms with Gasteiger partial charge in [-0.2, -0.15) is 0 Å². The van der Waals surface area contributed by atoms with Crippen molar-refractivity contribution in [3.05, 3.63) is 65.7 Å². The van der Waals surface area contributed by atoms with Gasteiger partial charge in [-0.3, -0.25) is 4.79 Å². The van der Waals surface area contributed by atoms with E-state index in [4.69, 9.17) is 9.84 Å². The normalized spacial score (nSPS) is 11.6. The first-order valence-corrected chi connectivity index (χ1v) is 8.86. The molecule has 0 aliphatic rings. The van der Waals surface area contributed by atoms with Gasteiger partial charge in [0.15, 0.2) is 6.61 Å². The van der Waals surface area contributed by atoms with E-state index in [1.165, 1.54) is 0 Å². The van der Waals surface area contributed by atoms with E-state index in [1.54, 1.807) is 12.1 Å². The molecule has 2 N–H and O–H groups in total. The van der Waals surface area contributed by atoms with Crippen LogP contribution in [0.25, 0.3) is 0 Å². The molecular formula is C21H25NO4. The van der Waals surface area contributed by atoms with Crippen molar-refractivity contribution in [1.82, 2.24) is 5.32 Å². The Morgan fingerprint density at radius 3 is 2.38 bits per heavy atom. The summed E-state index contributed by atoms with van der Waals surface area (Å²) < 4.78 is 5.10. The molecule has 0 heterocycles. The van der Waals surface area contributed by atoms with Crippen molar-refractivity contribution in [3.8, 4) is 5.75 Å². The molecule has 0 aromatic heterocycles. The van der Waals surface area contributed by atoms with Gasteiger partial charge in [-0.25, -0.2) is 4.79 Å². The van der Waals surface area contributed by atoms with Gasteiger partial charge < -0.3 is 15.2 Å². The van der Waals surface area contributed by atoms with Gasteiger partial charge in [-0.1, -0.05) is 55.8 Å². The highest BCUT2D eigenvalue weighted by atomic mass is 16.5. The van der Waals surface area contributed by atoms with E-state index in [0.717, 1.165) is 24.0 Å². The highest BCUT2D eigenvalue weighted by Crippen LogP contribution is 2.21. The zero-order valence-corrected chi connectivity index (χ0v) is 15.0. The van der Waals surface area contributed by atoms with E-state index in [1.807, 2.05) is 42.5 Å². The minimum absolute atomic E-state index is 0.0551. The number of hydrogen-bond acceptors (Lipinski definition) is 3. The second kappa shape index (κ2) is 10.2. The van der Waals surface area contributed by atoms with E-state index in [-0.39, 0.29) is 18.4 Å². The number of hydrogen-bond donors (Lipinski definition) is 2. The monoisotopic (exact) mass is 355 g/mol. The molecule has 26 heavy (non-hydrogen) atoms. The van der Waals surface area contributed by atoms with Crippen LogP contribution in [0.15, 0.2) is 54.6 Å². The predicted octanol–water partition coefficient (Wildman–Crippen LogP) is 3.39. The summed E-state index contributed by atoms with van der Waals surface area (Å²) in [6.07, 6.45) is 2.48. The van der Waals surface area contributed by atoms with Crippen LogP contribution in [0.3, 0.4) is 0 Å². The van der Waals surface area contributed by atoms with Gasteiger partial charge in [0.25, 0.3) is 0 Å². The third-order valence-electron chi connectivity index (χ3n) is 4.09. The number of aliphatic carboxylic acids is 1. The first kappa shape index (κ1) is 19.5. The Labute approximate surface area is 154 Å². The van der Waals surface area contributed by atoms with Crippen LogP contribution in [-0.4, -0.2) is 30.1 Å². The number of carboxylic acids is 1. The molecule has 2 aromatic rings. The zero-order chi connectivity index (χ0) is 18.8. The van der Waals surface area contributed by atoms with Crippen molar-refractivity contribution in [3.63, 3.8) is 0 Å². The molecule has 2 rings (SSSR count). The molecule has 0 aliphatic carbocycles. The molecule has 0 bridgehead atoms. The lowest BCUT2D eigenvalue weighted by Gasteiger charge is -2.16. The second-order valence-electron chi connectivity index (χ2n) is 6.12. The Hall–Kier alpha value is -2.82. The fourth-order valence-electron chi connectivity index (χ4n) is 2.77. The summed E-state index contributed by atoms with van der Waals surface area (Å²) in [5, 5.41) is 11.6. The Bertz CT molecular complexity index is 698. The largest absolute Gasteiger partial charge is 0.482 e. The van der Waals surface area contributed by atoms with Gasteiger partial charge in [0.2, 0.25) is 5.91 Å². The van der Waals surface area contributed by atoms with Crippen LogP contribution >= 0.6 is 0 Å². The highest BCUT2D eigenvalue weighted by Gasteiger charge is 2.18. The molecule has 5 nitrogen and oxygen atoms in total. The van der Waals surface area contributed by atoms with Crippen LogP contribution in [0.2, 0.25) is 0 Å². The molecular weight excluding hydrogens is 330 g/mol. The summed E-state index contributed by atoms with van der Waals surface area (Å²) in [5.41, 5.74) is 2.10. The first-order chi connectivity index (χ1) is 12.6. The van der Waals surface area contributed by atoms with Gasteiger partial charge in [0.05, 0.1) is 5.92 Å². The molecule has 2 aromatic carbocycles. The van der Waals surface area contributed by atoms with Crippen molar-refractivity contribution < 1.29 is 19.4 Å². The number of benzene rings is 2. The molecule has 0 spiro atoms. The molecule has 5 heteroatoms. The number of rotatable bonds is 10. The van der Waals surface area contributed by atoms with Crippen LogP contribution in [-0.2, 0) is 16.0 Å². The topological polar surface area (TPSA) is 75.6 Å². The van der Waals surface area contributed by atoms with Gasteiger partial charge in [-0.15, -0.1) is 0 Å². The van der Waals surface area contributed by atoms with Gasteiger partial charge in [0, 0.05) is 6.54 Å². The maximum absolute atomic E-state index is 12.5. The summed E-state index contributed by atoms with van der Waals surface area (Å²) in [6, 6.07) is 17.1. The lowest BCUT2D eigenvalue weighted by Crippen LogP contribution is -2.31. The minimum Gasteiger partial charge on any atom is -0.482 e. The summed E-state index contributed by atoms with van der Waals surface area (Å²) in [5.74, 6) is -0.545. The Morgan fingerprint density at radius 1 is 1.08 bits per heavy atom. The van der Waals surface area contributed by atoms with E-state index in [9.17, 15) is 9.59 Å². The predicted molar refractivity (Wildman–Crippen MR) is 100 cm³/mol. The fourth-order valence-corrected chi connectivity index (χ4v) is 2.77. The van der Waals surface area contributed by atoms with Crippen LogP contribution in [0.4, 0.5) is 0 Å². The number of carboxylic acid groups (broad SMARTS) is 1. The summed E-state index contributed by atoms with van der Waals surface area (Å²) in [4.78, 5) is 23.0. The summed E-state index contributed by atoms with van der Waals surface area (Å²) in [7, 11) is 0. The SMILES string of the molecule is CCCC(C(=O)NCCc1ccc(OCC(=O)O)cc1)c1ccccc1. The smallest absolute Gasteiger partial charge is 0.341 e. The highest BCUT2D eigenvalue weighted by molar-refractivity contribution is 5.83. The molecule has 1 amide bonds. The Balaban J connectivity index is 1.83. The minimum atomic E-state index is -1.00. The number of nitrogens with one attached hydrogen (secondary N) is 1. The van der Waals surface area contributed by atoms with Crippen LogP contribution in [0, 0.1) is 0 Å². The maximum atomic E-state index is 12.5. The van der Waals surface area contributed by atoms with Crippen molar-refractivity contribution in [1.29, 1.82) is 0 Å². The summed E-state index contributed by atoms with van der Waals surface area (Å²) in [6.45, 7) is 2.28. The van der Waals surface area contributed by atoms with Gasteiger partial charge in [-0.05, 0) is 36.1 Å². The van der Waals surface area contributed by atoms with E-state index >= 15 is 0 Å².